The molecule has 15 nitrogen and oxygen atoms in total. The number of pyridine rings is 1. The molecule has 53 heavy (non-hydrogen) atoms. The molecule has 0 spiro atoms. The molecule has 1 aliphatic rings. The number of nitrogens with zero attached hydrogens (tertiary/aromatic N) is 8. The number of aliphatic carboxylic acids is 2. The number of nitrogens with one attached hydrogen (secondary N) is 1. The number of halogens is 6. The van der Waals surface area contributed by atoms with Crippen molar-refractivity contribution in [2.45, 2.75) is 51.4 Å². The fourth-order valence-electron chi connectivity index (χ4n) is 5.44. The number of benzene rings is 1. The van der Waals surface area contributed by atoms with Gasteiger partial charge in [0.25, 0.3) is 12.0 Å². The Bertz CT molecular complexity index is 2220. The summed E-state index contributed by atoms with van der Waals surface area (Å²) in [5.74, 6) is -4.49. The van der Waals surface area contributed by atoms with Crippen LogP contribution in [0.2, 0.25) is 5.02 Å². The van der Waals surface area contributed by atoms with Crippen LogP contribution in [0.1, 0.15) is 50.0 Å². The lowest BCUT2D eigenvalue weighted by molar-refractivity contribution is -0.192. The average Bonchev–Trinajstić information content (AvgIpc) is 3.74. The van der Waals surface area contributed by atoms with E-state index in [2.05, 4.69) is 30.7 Å². The van der Waals surface area contributed by atoms with Crippen LogP contribution in [0.4, 0.5) is 27.6 Å². The monoisotopic (exact) mass is 763 g/mol. The summed E-state index contributed by atoms with van der Waals surface area (Å²) in [6.07, 6.45) is -0.941. The molecule has 2 bridgehead atoms. The fourth-order valence-corrected chi connectivity index (χ4v) is 5.61. The Morgan fingerprint density at radius 3 is 2.45 bits per heavy atom. The highest BCUT2D eigenvalue weighted by Crippen LogP contribution is 2.34. The van der Waals surface area contributed by atoms with Gasteiger partial charge in [0.05, 0.1) is 53.2 Å². The summed E-state index contributed by atoms with van der Waals surface area (Å²) < 4.78 is 62.0. The predicted octanol–water partition coefficient (Wildman–Crippen LogP) is 5.41. The SMILES string of the molecule is C[C@@H]1CCC[C@H](n2cnc(-c3cc(Cl)ccc3-n3cc(C(F)F)nn3)cc2=O)c2cc(ccn2)-c2c(cnn2CC(=O)O)NC1=O.O=C(O)C(F)(F)F. The Hall–Kier alpha value is -6.05. The van der Waals surface area contributed by atoms with E-state index in [1.54, 1.807) is 43.5 Å². The Morgan fingerprint density at radius 1 is 1.08 bits per heavy atom. The molecule has 278 valence electrons. The number of aromatic nitrogens is 8. The van der Waals surface area contributed by atoms with Crippen molar-refractivity contribution in [1.29, 1.82) is 0 Å². The van der Waals surface area contributed by atoms with Crippen LogP contribution < -0.4 is 10.9 Å². The van der Waals surface area contributed by atoms with Crippen molar-refractivity contribution < 1.29 is 46.5 Å². The van der Waals surface area contributed by atoms with Gasteiger partial charge < -0.3 is 15.5 Å². The number of rotatable bonds is 6. The Morgan fingerprint density at radius 2 is 1.81 bits per heavy atom. The molecule has 1 aliphatic heterocycles. The number of amides is 1. The number of carbonyl (C=O) groups excluding carboxylic acids is 1. The minimum atomic E-state index is -5.08. The van der Waals surface area contributed by atoms with Crippen LogP contribution >= 0.6 is 11.6 Å². The normalized spacial score (nSPS) is 16.0. The average molecular weight is 764 g/mol. The Balaban J connectivity index is 0.000000705. The molecular weight excluding hydrogens is 737 g/mol. The zero-order valence-corrected chi connectivity index (χ0v) is 28.0. The van der Waals surface area contributed by atoms with E-state index in [9.17, 15) is 41.4 Å². The van der Waals surface area contributed by atoms with Crippen molar-refractivity contribution in [3.63, 3.8) is 0 Å². The van der Waals surface area contributed by atoms with Gasteiger partial charge in [0, 0.05) is 34.3 Å². The van der Waals surface area contributed by atoms with Gasteiger partial charge in [-0.2, -0.15) is 18.3 Å². The smallest absolute Gasteiger partial charge is 0.480 e. The minimum absolute atomic E-state index is 0.232. The van der Waals surface area contributed by atoms with Crippen LogP contribution in [0.25, 0.3) is 28.2 Å². The maximum absolute atomic E-state index is 13.7. The molecule has 2 atom stereocenters. The molecule has 3 N–H and O–H groups in total. The van der Waals surface area contributed by atoms with Crippen LogP contribution in [-0.4, -0.2) is 73.5 Å². The van der Waals surface area contributed by atoms with E-state index in [4.69, 9.17) is 21.5 Å². The molecule has 0 fully saturated rings. The van der Waals surface area contributed by atoms with Crippen molar-refractivity contribution in [3.05, 3.63) is 88.1 Å². The van der Waals surface area contributed by atoms with Crippen molar-refractivity contribution >= 4 is 35.1 Å². The number of carboxylic acids is 2. The Labute approximate surface area is 299 Å². The summed E-state index contributed by atoms with van der Waals surface area (Å²) in [7, 11) is 0. The zero-order chi connectivity index (χ0) is 38.6. The first-order valence-corrected chi connectivity index (χ1v) is 15.8. The second-order valence-electron chi connectivity index (χ2n) is 11.6. The molecule has 0 radical (unpaired) electrons. The first-order valence-electron chi connectivity index (χ1n) is 15.5. The van der Waals surface area contributed by atoms with Gasteiger partial charge in [-0.3, -0.25) is 28.6 Å². The van der Waals surface area contributed by atoms with Crippen LogP contribution in [0, 0.1) is 5.92 Å². The van der Waals surface area contributed by atoms with Gasteiger partial charge in [-0.1, -0.05) is 30.2 Å². The van der Waals surface area contributed by atoms with Crippen LogP contribution in [0.15, 0.2) is 66.1 Å². The summed E-state index contributed by atoms with van der Waals surface area (Å²) in [5.41, 5.74) is 1.85. The molecule has 1 aromatic carbocycles. The summed E-state index contributed by atoms with van der Waals surface area (Å²) >= 11 is 6.26. The quantitative estimate of drug-likeness (QED) is 0.187. The van der Waals surface area contributed by atoms with E-state index in [1.165, 1.54) is 32.5 Å². The van der Waals surface area contributed by atoms with E-state index in [1.807, 2.05) is 0 Å². The minimum Gasteiger partial charge on any atom is -0.480 e. The van der Waals surface area contributed by atoms with Crippen LogP contribution in [0.5, 0.6) is 0 Å². The van der Waals surface area contributed by atoms with E-state index >= 15 is 0 Å². The number of hydrogen-bond donors (Lipinski definition) is 3. The molecule has 0 saturated heterocycles. The molecule has 0 saturated carbocycles. The van der Waals surface area contributed by atoms with Gasteiger partial charge in [0.2, 0.25) is 5.91 Å². The summed E-state index contributed by atoms with van der Waals surface area (Å²) in [6.45, 7) is 1.36. The Kier molecular flexibility index (Phi) is 11.3. The lowest BCUT2D eigenvalue weighted by Gasteiger charge is -2.22. The third-order valence-electron chi connectivity index (χ3n) is 7.97. The molecule has 4 aromatic heterocycles. The summed E-state index contributed by atoms with van der Waals surface area (Å²) in [6, 6.07) is 8.82. The van der Waals surface area contributed by atoms with Gasteiger partial charge in [-0.15, -0.1) is 5.10 Å². The fraction of sp³-hybridized carbons (Fsp3) is 0.281. The third kappa shape index (κ3) is 8.88. The molecule has 1 amide bonds. The van der Waals surface area contributed by atoms with E-state index in [0.29, 0.717) is 58.2 Å². The molecule has 5 aromatic rings. The predicted molar refractivity (Wildman–Crippen MR) is 175 cm³/mol. The number of alkyl halides is 5. The van der Waals surface area contributed by atoms with Gasteiger partial charge >= 0.3 is 18.1 Å². The molecule has 5 heterocycles. The number of anilines is 1. The molecule has 6 rings (SSSR count). The second-order valence-corrected chi connectivity index (χ2v) is 12.1. The van der Waals surface area contributed by atoms with Gasteiger partial charge in [0.1, 0.15) is 12.2 Å². The number of carboxylic acid groups (broad SMARTS) is 2. The number of carbonyl (C=O) groups is 3. The highest BCUT2D eigenvalue weighted by molar-refractivity contribution is 6.31. The topological polar surface area (TPSA) is 200 Å². The molecular formula is C32H27ClF5N9O6. The van der Waals surface area contributed by atoms with Crippen molar-refractivity contribution in [3.8, 4) is 28.2 Å². The highest BCUT2D eigenvalue weighted by atomic mass is 35.5. The third-order valence-corrected chi connectivity index (χ3v) is 8.21. The van der Waals surface area contributed by atoms with Crippen molar-refractivity contribution in [1.82, 2.24) is 39.3 Å². The first-order chi connectivity index (χ1) is 25.0. The summed E-state index contributed by atoms with van der Waals surface area (Å²) in [5, 5.41) is 31.3. The maximum atomic E-state index is 13.7. The maximum Gasteiger partial charge on any atom is 0.490 e. The molecule has 0 unspecified atom stereocenters. The van der Waals surface area contributed by atoms with Crippen LogP contribution in [-0.2, 0) is 20.9 Å². The van der Waals surface area contributed by atoms with Gasteiger partial charge in [-0.25, -0.2) is 23.2 Å². The van der Waals surface area contributed by atoms with Crippen molar-refractivity contribution in [2.75, 3.05) is 5.32 Å². The largest absolute Gasteiger partial charge is 0.490 e. The lowest BCUT2D eigenvalue weighted by atomic mass is 9.97. The highest BCUT2D eigenvalue weighted by Gasteiger charge is 2.38. The van der Waals surface area contributed by atoms with E-state index in [-0.39, 0.29) is 17.5 Å². The zero-order valence-electron chi connectivity index (χ0n) is 27.2. The molecule has 21 heteroatoms. The number of hydrogen-bond acceptors (Lipinski definition) is 9. The first kappa shape index (κ1) is 38.2. The van der Waals surface area contributed by atoms with E-state index in [0.717, 1.165) is 6.20 Å². The number of fused-ring (bicyclic) bond motifs is 4. The summed E-state index contributed by atoms with van der Waals surface area (Å²) in [4.78, 5) is 56.3. The van der Waals surface area contributed by atoms with Crippen molar-refractivity contribution in [2.24, 2.45) is 5.92 Å². The molecule has 0 aliphatic carbocycles. The van der Waals surface area contributed by atoms with Gasteiger partial charge in [0.15, 0.2) is 0 Å². The second kappa shape index (κ2) is 15.7. The van der Waals surface area contributed by atoms with Crippen LogP contribution in [0.3, 0.4) is 0 Å². The van der Waals surface area contributed by atoms with E-state index < -0.39 is 48.4 Å². The standard InChI is InChI=1S/C30H26ClF2N9O4.C2HF3O2/c1-16-3-2-4-25(21-9-17(7-8-34-21)28-22(37-30(16)46)12-36-42(28)14-27(44)45)40-15-35-20(11-26(40)43)19-10-18(31)5-6-24(19)41-13-23(29(32)33)38-39-41;3-2(4,5)1(6)7/h5-13,15-16,25,29H,2-4,14H2,1H3,(H,37,46)(H,44,45);(H,6,7)/t16-,25+;/m1./s1. The van der Waals surface area contributed by atoms with Gasteiger partial charge in [-0.05, 0) is 43.2 Å². The lowest BCUT2D eigenvalue weighted by Crippen LogP contribution is -2.27.